The number of hydrogen-bond acceptors (Lipinski definition) is 0. The average molecular weight is 478 g/mol. The number of rotatable bonds is 2. The normalized spacial score (nSPS) is 11.4. The third-order valence-corrected chi connectivity index (χ3v) is 6.39. The molecule has 0 bridgehead atoms. The van der Waals surface area contributed by atoms with E-state index in [-0.39, 0.29) is 14.9 Å². The van der Waals surface area contributed by atoms with Crippen LogP contribution >= 0.6 is 0 Å². The molecule has 0 aromatic heterocycles. The molecule has 3 aromatic carbocycles. The molecule has 0 heterocycles. The molecule has 0 spiro atoms. The summed E-state index contributed by atoms with van der Waals surface area (Å²) >= 11 is 1.36. The summed E-state index contributed by atoms with van der Waals surface area (Å²) in [6.45, 7) is 10.2. The zero-order valence-corrected chi connectivity index (χ0v) is 22.2. The summed E-state index contributed by atoms with van der Waals surface area (Å²) in [5, 5.41) is 4.20. The molecular formula is C25H30Si2Zr-4. The van der Waals surface area contributed by atoms with E-state index in [9.17, 15) is 0 Å². The zero-order chi connectivity index (χ0) is 19.0. The molecule has 1 aliphatic rings. The molecule has 0 aliphatic heterocycles. The third kappa shape index (κ3) is 7.35. The van der Waals surface area contributed by atoms with Crippen LogP contribution in [0.4, 0.5) is 0 Å². The molecule has 1 aliphatic carbocycles. The Hall–Kier alpha value is -1.15. The van der Waals surface area contributed by atoms with E-state index in [2.05, 4.69) is 99.3 Å². The maximum atomic E-state index is 3.06. The van der Waals surface area contributed by atoms with E-state index in [1.165, 1.54) is 50.4 Å². The van der Waals surface area contributed by atoms with Crippen molar-refractivity contribution >= 4 is 30.9 Å². The van der Waals surface area contributed by atoms with Crippen molar-refractivity contribution in [2.24, 2.45) is 0 Å². The van der Waals surface area contributed by atoms with Crippen molar-refractivity contribution in [2.75, 3.05) is 0 Å². The van der Waals surface area contributed by atoms with Crippen molar-refractivity contribution in [3.63, 3.8) is 0 Å². The quantitative estimate of drug-likeness (QED) is 0.288. The van der Waals surface area contributed by atoms with Crippen molar-refractivity contribution in [2.45, 2.75) is 26.1 Å². The Morgan fingerprint density at radius 1 is 0.964 bits per heavy atom. The molecule has 2 radical (unpaired) electrons. The van der Waals surface area contributed by atoms with Gasteiger partial charge in [-0.3, -0.25) is 6.08 Å². The molecule has 0 nitrogen and oxygen atoms in total. The molecule has 146 valence electrons. The third-order valence-electron chi connectivity index (χ3n) is 4.33. The van der Waals surface area contributed by atoms with E-state index >= 15 is 0 Å². The Balaban J connectivity index is 0.000000699. The van der Waals surface area contributed by atoms with Crippen LogP contribution in [-0.2, 0) is 23.3 Å². The van der Waals surface area contributed by atoms with E-state index < -0.39 is 8.07 Å². The van der Waals surface area contributed by atoms with Crippen molar-refractivity contribution in [1.29, 1.82) is 0 Å². The van der Waals surface area contributed by atoms with Gasteiger partial charge in [0.2, 0.25) is 0 Å². The second-order valence-corrected chi connectivity index (χ2v) is 12.2. The minimum absolute atomic E-state index is 0. The van der Waals surface area contributed by atoms with E-state index in [0.29, 0.717) is 0 Å². The first-order valence-electron chi connectivity index (χ1n) is 8.78. The summed E-state index contributed by atoms with van der Waals surface area (Å²) in [6, 6.07) is 22.2. The van der Waals surface area contributed by atoms with Crippen molar-refractivity contribution in [3.05, 3.63) is 99.8 Å². The van der Waals surface area contributed by atoms with E-state index in [1.54, 1.807) is 0 Å². The summed E-state index contributed by atoms with van der Waals surface area (Å²) < 4.78 is 0. The van der Waals surface area contributed by atoms with Crippen molar-refractivity contribution in [1.82, 2.24) is 0 Å². The number of benzene rings is 2. The van der Waals surface area contributed by atoms with E-state index in [0.717, 1.165) is 6.42 Å². The fraction of sp³-hybridized carbons (Fsp3) is 0.160. The second-order valence-electron chi connectivity index (χ2n) is 7.16. The van der Waals surface area contributed by atoms with Crippen LogP contribution in [-0.4, -0.2) is 15.0 Å². The topological polar surface area (TPSA) is 0 Å². The molecule has 0 amide bonds. The Bertz CT molecular complexity index is 871. The Kier molecular flexibility index (Phi) is 12.6. The summed E-state index contributed by atoms with van der Waals surface area (Å²) in [4.78, 5) is 0. The van der Waals surface area contributed by atoms with E-state index in [4.69, 9.17) is 0 Å². The first-order valence-corrected chi connectivity index (χ1v) is 16.5. The second kappa shape index (κ2) is 13.1. The van der Waals surface area contributed by atoms with Gasteiger partial charge in [0.05, 0.1) is 8.07 Å². The molecule has 0 N–H and O–H groups in total. The van der Waals surface area contributed by atoms with Gasteiger partial charge in [-0.25, -0.2) is 12.2 Å². The Morgan fingerprint density at radius 2 is 1.64 bits per heavy atom. The summed E-state index contributed by atoms with van der Waals surface area (Å²) in [5.41, 5.74) is 2.66. The van der Waals surface area contributed by atoms with Gasteiger partial charge in [0, 0.05) is 0 Å². The molecule has 0 saturated heterocycles. The number of allylic oxidation sites excluding steroid dienone is 4. The van der Waals surface area contributed by atoms with Crippen LogP contribution in [0.3, 0.4) is 0 Å². The average Bonchev–Trinajstić information content (AvgIpc) is 3.37. The summed E-state index contributed by atoms with van der Waals surface area (Å²) in [5.74, 6) is 0. The maximum absolute atomic E-state index is 3.06. The molecule has 0 fully saturated rings. The van der Waals surface area contributed by atoms with Gasteiger partial charge >= 0.3 is 30.2 Å². The minimum atomic E-state index is -1.20. The predicted octanol–water partition coefficient (Wildman–Crippen LogP) is 6.59. The van der Waals surface area contributed by atoms with Gasteiger partial charge in [0.15, 0.2) is 0 Å². The van der Waals surface area contributed by atoms with Gasteiger partial charge in [-0.15, -0.1) is 35.4 Å². The van der Waals surface area contributed by atoms with Crippen LogP contribution in [0.1, 0.15) is 6.42 Å². The van der Waals surface area contributed by atoms with Crippen LogP contribution in [0.5, 0.6) is 0 Å². The first-order chi connectivity index (χ1) is 12.6. The number of hydrogen-bond donors (Lipinski definition) is 0. The molecular weight excluding hydrogens is 448 g/mol. The molecule has 4 rings (SSSR count). The molecule has 3 heteroatoms. The van der Waals surface area contributed by atoms with Crippen molar-refractivity contribution < 1.29 is 23.3 Å². The SMILES string of the molecule is C[Si](C)(C)c1ccc(-c2cccc3[cH-]ccc23)cc1.[C-]1=CC=CC1.[CH3-].[CH3-].[Si]=[Zr]. The van der Waals surface area contributed by atoms with Crippen LogP contribution < -0.4 is 5.19 Å². The van der Waals surface area contributed by atoms with Gasteiger partial charge < -0.3 is 14.9 Å². The zero-order valence-electron chi connectivity index (χ0n) is 17.7. The summed E-state index contributed by atoms with van der Waals surface area (Å²) in [7, 11) is -1.20. The van der Waals surface area contributed by atoms with Gasteiger partial charge in [0.1, 0.15) is 0 Å². The van der Waals surface area contributed by atoms with Gasteiger partial charge in [-0.2, -0.15) is 18.2 Å². The fourth-order valence-corrected chi connectivity index (χ4v) is 4.07. The Morgan fingerprint density at radius 3 is 2.14 bits per heavy atom. The molecule has 3 aromatic rings. The standard InChI is InChI=1S/C18H19Si.C5H5.2CH3.Si.Zr/c1-19(2,3)16-12-10-15(11-13-16)18-9-5-7-14-6-4-8-17(14)18;1-2-4-5-3-1;;;;/h4-13H,1-3H3;1-3H,4H2;2*1H3;;/q4*-1;;. The summed E-state index contributed by atoms with van der Waals surface area (Å²) in [6.07, 6.45) is 10.0. The molecule has 0 atom stereocenters. The van der Waals surface area contributed by atoms with Crippen LogP contribution in [0.25, 0.3) is 21.9 Å². The first kappa shape index (κ1) is 26.8. The van der Waals surface area contributed by atoms with Crippen LogP contribution in [0.2, 0.25) is 19.6 Å². The molecule has 0 unspecified atom stereocenters. The number of fused-ring (bicyclic) bond motifs is 1. The fourth-order valence-electron chi connectivity index (χ4n) is 2.90. The Labute approximate surface area is 190 Å². The predicted molar refractivity (Wildman–Crippen MR) is 128 cm³/mol. The van der Waals surface area contributed by atoms with Crippen molar-refractivity contribution in [3.8, 4) is 11.1 Å². The van der Waals surface area contributed by atoms with Crippen LogP contribution in [0, 0.1) is 20.9 Å². The monoisotopic (exact) mass is 476 g/mol. The molecule has 28 heavy (non-hydrogen) atoms. The van der Waals surface area contributed by atoms with E-state index in [1.807, 2.05) is 12.2 Å². The van der Waals surface area contributed by atoms with Gasteiger partial charge in [-0.1, -0.05) is 60.7 Å². The van der Waals surface area contributed by atoms with Gasteiger partial charge in [0.25, 0.3) is 0 Å². The molecule has 0 saturated carbocycles. The van der Waals surface area contributed by atoms with Crippen LogP contribution in [0.15, 0.2) is 78.9 Å². The van der Waals surface area contributed by atoms with Gasteiger partial charge in [-0.05, 0) is 5.56 Å².